The van der Waals surface area contributed by atoms with E-state index < -0.39 is 0 Å². The number of nitrogens with zero attached hydrogens (tertiary/aromatic N) is 2. The second-order valence-electron chi connectivity index (χ2n) is 4.42. The van der Waals surface area contributed by atoms with E-state index in [1.54, 1.807) is 6.07 Å². The van der Waals surface area contributed by atoms with E-state index in [9.17, 15) is 4.39 Å². The lowest BCUT2D eigenvalue weighted by atomic mass is 9.93. The van der Waals surface area contributed by atoms with Gasteiger partial charge in [0.15, 0.2) is 0 Å². The fourth-order valence-electron chi connectivity index (χ4n) is 2.78. The quantitative estimate of drug-likeness (QED) is 0.550. The van der Waals surface area contributed by atoms with Gasteiger partial charge < -0.3 is 9.77 Å². The average Bonchev–Trinajstić information content (AvgIpc) is 2.65. The van der Waals surface area contributed by atoms with Crippen LogP contribution in [-0.4, -0.2) is 15.5 Å². The molecule has 0 unspecified atom stereocenters. The summed E-state index contributed by atoms with van der Waals surface area (Å²) in [5.74, 6) is -0.225. The molecule has 0 bridgehead atoms. The zero-order chi connectivity index (χ0) is 12.0. The Balaban J connectivity index is 2.47. The summed E-state index contributed by atoms with van der Waals surface area (Å²) in [7, 11) is 1.87. The summed E-state index contributed by atoms with van der Waals surface area (Å²) in [6, 6.07) is 5.04. The van der Waals surface area contributed by atoms with E-state index in [-0.39, 0.29) is 5.82 Å². The van der Waals surface area contributed by atoms with Gasteiger partial charge in [0.1, 0.15) is 5.82 Å². The van der Waals surface area contributed by atoms with Gasteiger partial charge in [-0.25, -0.2) is 4.39 Å². The Labute approximate surface area is 98.2 Å². The Morgan fingerprint density at radius 1 is 1.35 bits per heavy atom. The number of rotatable bonds is 0. The molecule has 0 radical (unpaired) electrons. The van der Waals surface area contributed by atoms with E-state index in [1.807, 2.05) is 17.7 Å². The van der Waals surface area contributed by atoms with Gasteiger partial charge in [-0.3, -0.25) is 0 Å². The maximum atomic E-state index is 13.8. The lowest BCUT2D eigenvalue weighted by Gasteiger charge is -2.14. The zero-order valence-electron chi connectivity index (χ0n) is 9.57. The SMILES string of the molecule is Cn1c2c(c3cccc(F)c31)C(=NO)CCC2. The molecule has 1 aliphatic carbocycles. The summed E-state index contributed by atoms with van der Waals surface area (Å²) in [4.78, 5) is 0. The van der Waals surface area contributed by atoms with Gasteiger partial charge in [0.2, 0.25) is 0 Å². The smallest absolute Gasteiger partial charge is 0.147 e. The summed E-state index contributed by atoms with van der Waals surface area (Å²) in [6.45, 7) is 0. The van der Waals surface area contributed by atoms with E-state index in [0.717, 1.165) is 35.9 Å². The van der Waals surface area contributed by atoms with Crippen LogP contribution < -0.4 is 0 Å². The fraction of sp³-hybridized carbons (Fsp3) is 0.308. The van der Waals surface area contributed by atoms with Crippen LogP contribution in [0.25, 0.3) is 10.9 Å². The largest absolute Gasteiger partial charge is 0.411 e. The van der Waals surface area contributed by atoms with Crippen molar-refractivity contribution in [3.05, 3.63) is 35.3 Å². The average molecular weight is 232 g/mol. The van der Waals surface area contributed by atoms with Crippen LogP contribution in [0.3, 0.4) is 0 Å². The molecule has 3 nitrogen and oxygen atoms in total. The highest BCUT2D eigenvalue weighted by molar-refractivity contribution is 6.12. The maximum absolute atomic E-state index is 13.8. The van der Waals surface area contributed by atoms with Crippen molar-refractivity contribution < 1.29 is 9.60 Å². The molecule has 1 aliphatic rings. The molecular formula is C13H13FN2O. The minimum atomic E-state index is -0.225. The lowest BCUT2D eigenvalue weighted by molar-refractivity contribution is 0.317. The van der Waals surface area contributed by atoms with Crippen molar-refractivity contribution in [2.24, 2.45) is 12.2 Å². The Bertz CT molecular complexity index is 628. The van der Waals surface area contributed by atoms with Crippen molar-refractivity contribution in [1.29, 1.82) is 0 Å². The normalized spacial score (nSPS) is 17.6. The van der Waals surface area contributed by atoms with Crippen molar-refractivity contribution in [2.75, 3.05) is 0 Å². The first-order chi connectivity index (χ1) is 8.24. The standard InChI is InChI=1S/C13H13FN2O/c1-16-11-7-3-6-10(15-17)12(11)8-4-2-5-9(14)13(8)16/h2,4-5,17H,3,6-7H2,1H3. The monoisotopic (exact) mass is 232 g/mol. The number of fused-ring (bicyclic) bond motifs is 3. The molecule has 0 saturated heterocycles. The molecular weight excluding hydrogens is 219 g/mol. The Kier molecular flexibility index (Phi) is 2.18. The minimum Gasteiger partial charge on any atom is -0.411 e. The summed E-state index contributed by atoms with van der Waals surface area (Å²) in [5, 5.41) is 13.3. The minimum absolute atomic E-state index is 0.225. The summed E-state index contributed by atoms with van der Waals surface area (Å²) in [5.41, 5.74) is 3.24. The molecule has 0 atom stereocenters. The van der Waals surface area contributed by atoms with E-state index in [0.29, 0.717) is 11.2 Å². The molecule has 4 heteroatoms. The maximum Gasteiger partial charge on any atom is 0.147 e. The number of aryl methyl sites for hydroxylation is 1. The van der Waals surface area contributed by atoms with Crippen LogP contribution in [0.5, 0.6) is 0 Å². The molecule has 17 heavy (non-hydrogen) atoms. The summed E-state index contributed by atoms with van der Waals surface area (Å²) < 4.78 is 15.7. The van der Waals surface area contributed by atoms with Gasteiger partial charge in [-0.05, 0) is 25.3 Å². The molecule has 0 spiro atoms. The van der Waals surface area contributed by atoms with Gasteiger partial charge >= 0.3 is 0 Å². The van der Waals surface area contributed by atoms with Gasteiger partial charge in [-0.1, -0.05) is 17.3 Å². The van der Waals surface area contributed by atoms with E-state index in [4.69, 9.17) is 5.21 Å². The van der Waals surface area contributed by atoms with Crippen LogP contribution >= 0.6 is 0 Å². The van der Waals surface area contributed by atoms with Crippen LogP contribution in [0.1, 0.15) is 24.1 Å². The second kappa shape index (κ2) is 3.58. The van der Waals surface area contributed by atoms with Crippen molar-refractivity contribution in [3.63, 3.8) is 0 Å². The highest BCUT2D eigenvalue weighted by Crippen LogP contribution is 2.32. The van der Waals surface area contributed by atoms with Crippen LogP contribution in [-0.2, 0) is 13.5 Å². The molecule has 1 heterocycles. The molecule has 0 fully saturated rings. The van der Waals surface area contributed by atoms with Gasteiger partial charge in [0.05, 0.1) is 11.2 Å². The highest BCUT2D eigenvalue weighted by atomic mass is 19.1. The van der Waals surface area contributed by atoms with E-state index in [2.05, 4.69) is 5.16 Å². The zero-order valence-corrected chi connectivity index (χ0v) is 9.57. The van der Waals surface area contributed by atoms with Gasteiger partial charge in [0, 0.05) is 23.7 Å². The molecule has 3 rings (SSSR count). The molecule has 1 aromatic carbocycles. The van der Waals surface area contributed by atoms with Crippen molar-refractivity contribution in [2.45, 2.75) is 19.3 Å². The molecule has 1 aromatic heterocycles. The molecule has 0 aliphatic heterocycles. The van der Waals surface area contributed by atoms with Crippen LogP contribution in [0, 0.1) is 5.82 Å². The Hall–Kier alpha value is -1.84. The third-order valence-electron chi connectivity index (χ3n) is 3.52. The fourth-order valence-corrected chi connectivity index (χ4v) is 2.78. The highest BCUT2D eigenvalue weighted by Gasteiger charge is 2.24. The van der Waals surface area contributed by atoms with Gasteiger partial charge in [-0.15, -0.1) is 0 Å². The van der Waals surface area contributed by atoms with Gasteiger partial charge in [0.25, 0.3) is 0 Å². The molecule has 2 aromatic rings. The van der Waals surface area contributed by atoms with E-state index >= 15 is 0 Å². The van der Waals surface area contributed by atoms with Crippen molar-refractivity contribution in [1.82, 2.24) is 4.57 Å². The number of oxime groups is 1. The summed E-state index contributed by atoms with van der Waals surface area (Å²) in [6.07, 6.45) is 2.59. The number of para-hydroxylation sites is 1. The molecule has 88 valence electrons. The van der Waals surface area contributed by atoms with Crippen LogP contribution in [0.2, 0.25) is 0 Å². The van der Waals surface area contributed by atoms with Crippen molar-refractivity contribution >= 4 is 16.6 Å². The predicted octanol–water partition coefficient (Wildman–Crippen LogP) is 2.83. The number of halogens is 1. The van der Waals surface area contributed by atoms with Crippen LogP contribution in [0.4, 0.5) is 4.39 Å². The van der Waals surface area contributed by atoms with Gasteiger partial charge in [-0.2, -0.15) is 0 Å². The summed E-state index contributed by atoms with van der Waals surface area (Å²) >= 11 is 0. The number of hydrogen-bond acceptors (Lipinski definition) is 2. The first-order valence-corrected chi connectivity index (χ1v) is 5.71. The Morgan fingerprint density at radius 3 is 2.94 bits per heavy atom. The first-order valence-electron chi connectivity index (χ1n) is 5.71. The number of aromatic nitrogens is 1. The second-order valence-corrected chi connectivity index (χ2v) is 4.42. The van der Waals surface area contributed by atoms with E-state index in [1.165, 1.54) is 6.07 Å². The third kappa shape index (κ3) is 1.30. The number of hydrogen-bond donors (Lipinski definition) is 1. The molecule has 0 saturated carbocycles. The lowest BCUT2D eigenvalue weighted by Crippen LogP contribution is -2.12. The Morgan fingerprint density at radius 2 is 2.18 bits per heavy atom. The topological polar surface area (TPSA) is 37.5 Å². The number of benzene rings is 1. The predicted molar refractivity (Wildman–Crippen MR) is 64.1 cm³/mol. The third-order valence-corrected chi connectivity index (χ3v) is 3.52. The molecule has 1 N–H and O–H groups in total. The molecule has 0 amide bonds. The first kappa shape index (κ1) is 10.3. The van der Waals surface area contributed by atoms with Crippen molar-refractivity contribution in [3.8, 4) is 0 Å². The van der Waals surface area contributed by atoms with Crippen LogP contribution in [0.15, 0.2) is 23.4 Å².